The number of fused-ring (bicyclic) bond motifs is 6. The molecular formula is C57H52N2. The highest BCUT2D eigenvalue weighted by Gasteiger charge is 2.51. The molecule has 1 unspecified atom stereocenters. The second-order valence-electron chi connectivity index (χ2n) is 19.2. The molecule has 0 aliphatic heterocycles. The zero-order valence-electron chi connectivity index (χ0n) is 34.3. The van der Waals surface area contributed by atoms with Crippen LogP contribution < -0.4 is 9.80 Å². The Bertz CT molecular complexity index is 2730. The third kappa shape index (κ3) is 5.59. The van der Waals surface area contributed by atoms with Crippen LogP contribution in [-0.2, 0) is 10.8 Å². The Morgan fingerprint density at radius 2 is 1.10 bits per heavy atom. The first-order valence-corrected chi connectivity index (χ1v) is 22.2. The molecule has 6 aliphatic carbocycles. The number of benzene rings is 7. The summed E-state index contributed by atoms with van der Waals surface area (Å²) in [5, 5.41) is 5.01. The Morgan fingerprint density at radius 3 is 1.80 bits per heavy atom. The fourth-order valence-electron chi connectivity index (χ4n) is 13.1. The van der Waals surface area contributed by atoms with E-state index in [1.807, 2.05) is 0 Å². The molecule has 0 N–H and O–H groups in total. The van der Waals surface area contributed by atoms with Crippen molar-refractivity contribution >= 4 is 50.0 Å². The van der Waals surface area contributed by atoms with E-state index >= 15 is 0 Å². The lowest BCUT2D eigenvalue weighted by Gasteiger charge is -2.57. The highest BCUT2D eigenvalue weighted by Crippen LogP contribution is 2.61. The van der Waals surface area contributed by atoms with Crippen molar-refractivity contribution in [2.45, 2.75) is 75.5 Å². The van der Waals surface area contributed by atoms with Gasteiger partial charge in [0.25, 0.3) is 0 Å². The molecule has 0 radical (unpaired) electrons. The van der Waals surface area contributed by atoms with Gasteiger partial charge in [0.1, 0.15) is 0 Å². The Hall–Kier alpha value is -5.86. The van der Waals surface area contributed by atoms with Crippen molar-refractivity contribution in [2.24, 2.45) is 17.8 Å². The van der Waals surface area contributed by atoms with Crippen LogP contribution in [0.3, 0.4) is 0 Å². The van der Waals surface area contributed by atoms with Crippen molar-refractivity contribution in [3.05, 3.63) is 198 Å². The maximum Gasteiger partial charge on any atom is 0.0546 e. The molecular weight excluding hydrogens is 713 g/mol. The standard InChI is InChI=1S/C57H52N2/c1-56(2)53-20-12-11-19-49(53)50-27-25-47(34-54(50)56)58(45-23-21-42(22-24-45)57-35-38-29-39(36-57)31-40(30-38)37-57)46-26-28-51-52(33-46)48-18-10-9-13-41(48)32-55(51)59(43-14-5-3-6-15-43)44-16-7-4-8-17-44/h3-26,28,32-34,38-40,50H,27,29-31,35-37H2,1-2H3. The molecule has 0 saturated heterocycles. The van der Waals surface area contributed by atoms with E-state index in [0.29, 0.717) is 11.3 Å². The van der Waals surface area contributed by atoms with Crippen LogP contribution in [0.5, 0.6) is 0 Å². The van der Waals surface area contributed by atoms with E-state index in [-0.39, 0.29) is 5.41 Å². The Kier molecular flexibility index (Phi) is 7.93. The van der Waals surface area contributed by atoms with Crippen molar-refractivity contribution in [1.82, 2.24) is 0 Å². The summed E-state index contributed by atoms with van der Waals surface area (Å²) in [7, 11) is 0. The fraction of sp³-hybridized carbons (Fsp3) is 0.263. The predicted octanol–water partition coefficient (Wildman–Crippen LogP) is 15.4. The summed E-state index contributed by atoms with van der Waals surface area (Å²) in [6.07, 6.45) is 14.7. The van der Waals surface area contributed by atoms with E-state index in [4.69, 9.17) is 0 Å². The molecule has 7 aromatic rings. The highest BCUT2D eigenvalue weighted by atomic mass is 15.2. The van der Waals surface area contributed by atoms with Crippen molar-refractivity contribution in [3.8, 4) is 0 Å². The first kappa shape index (κ1) is 35.1. The molecule has 7 aromatic carbocycles. The van der Waals surface area contributed by atoms with Gasteiger partial charge in [0.05, 0.1) is 5.69 Å². The van der Waals surface area contributed by atoms with Crippen molar-refractivity contribution < 1.29 is 0 Å². The molecule has 1 atom stereocenters. The van der Waals surface area contributed by atoms with Gasteiger partial charge in [0.2, 0.25) is 0 Å². The molecule has 4 saturated carbocycles. The average molecular weight is 765 g/mol. The van der Waals surface area contributed by atoms with E-state index in [1.54, 1.807) is 5.56 Å². The maximum absolute atomic E-state index is 2.57. The SMILES string of the molecule is CC1(C)C2=CC(N(c3ccc(C45CC6CC(CC(C6)C4)C5)cc3)c3ccc4c(N(c5ccccc5)c5ccccc5)cc5ccccc5c4c3)=CCC2c2ccccc21. The number of hydrogen-bond donors (Lipinski definition) is 0. The minimum Gasteiger partial charge on any atom is -0.311 e. The summed E-state index contributed by atoms with van der Waals surface area (Å²) in [6.45, 7) is 4.86. The van der Waals surface area contributed by atoms with Gasteiger partial charge in [-0.15, -0.1) is 0 Å². The third-order valence-corrected chi connectivity index (χ3v) is 15.4. The van der Waals surface area contributed by atoms with Crippen LogP contribution in [0.15, 0.2) is 181 Å². The monoisotopic (exact) mass is 764 g/mol. The van der Waals surface area contributed by atoms with Gasteiger partial charge < -0.3 is 9.80 Å². The molecule has 0 heterocycles. The molecule has 6 aliphatic rings. The minimum absolute atomic E-state index is 0.0262. The smallest absolute Gasteiger partial charge is 0.0546 e. The topological polar surface area (TPSA) is 6.48 Å². The first-order valence-electron chi connectivity index (χ1n) is 22.2. The van der Waals surface area contributed by atoms with E-state index in [2.05, 4.69) is 194 Å². The van der Waals surface area contributed by atoms with Gasteiger partial charge in [-0.05, 0) is 162 Å². The molecule has 0 spiro atoms. The quantitative estimate of drug-likeness (QED) is 0.149. The molecule has 0 amide bonds. The van der Waals surface area contributed by atoms with Crippen LogP contribution in [0.25, 0.3) is 21.5 Å². The predicted molar refractivity (Wildman–Crippen MR) is 248 cm³/mol. The van der Waals surface area contributed by atoms with E-state index < -0.39 is 0 Å². The van der Waals surface area contributed by atoms with Crippen LogP contribution in [0, 0.1) is 17.8 Å². The number of para-hydroxylation sites is 2. The molecule has 4 fully saturated rings. The number of anilines is 5. The Balaban J connectivity index is 1.03. The minimum atomic E-state index is -0.0262. The third-order valence-electron chi connectivity index (χ3n) is 15.4. The lowest BCUT2D eigenvalue weighted by Crippen LogP contribution is -2.48. The molecule has 59 heavy (non-hydrogen) atoms. The summed E-state index contributed by atoms with van der Waals surface area (Å²) in [6, 6.07) is 59.3. The van der Waals surface area contributed by atoms with Gasteiger partial charge in [-0.3, -0.25) is 0 Å². The van der Waals surface area contributed by atoms with E-state index in [0.717, 1.165) is 35.5 Å². The van der Waals surface area contributed by atoms with Gasteiger partial charge in [-0.2, -0.15) is 0 Å². The molecule has 13 rings (SSSR count). The number of hydrogen-bond acceptors (Lipinski definition) is 2. The first-order chi connectivity index (χ1) is 28.9. The molecule has 0 aromatic heterocycles. The van der Waals surface area contributed by atoms with Crippen LogP contribution in [0.2, 0.25) is 0 Å². The molecule has 290 valence electrons. The van der Waals surface area contributed by atoms with Crippen LogP contribution >= 0.6 is 0 Å². The van der Waals surface area contributed by atoms with Crippen molar-refractivity contribution in [3.63, 3.8) is 0 Å². The second kappa shape index (κ2) is 13.3. The second-order valence-corrected chi connectivity index (χ2v) is 19.2. The molecule has 2 heteroatoms. The lowest BCUT2D eigenvalue weighted by molar-refractivity contribution is -0.00518. The average Bonchev–Trinajstić information content (AvgIpc) is 3.49. The Labute approximate surface area is 349 Å². The lowest BCUT2D eigenvalue weighted by atomic mass is 9.48. The highest BCUT2D eigenvalue weighted by molar-refractivity contribution is 6.15. The molecule has 2 nitrogen and oxygen atoms in total. The number of nitrogens with zero attached hydrogens (tertiary/aromatic N) is 2. The summed E-state index contributed by atoms with van der Waals surface area (Å²) in [4.78, 5) is 4.99. The van der Waals surface area contributed by atoms with Crippen LogP contribution in [0.4, 0.5) is 28.4 Å². The largest absolute Gasteiger partial charge is 0.311 e. The van der Waals surface area contributed by atoms with Gasteiger partial charge >= 0.3 is 0 Å². The summed E-state index contributed by atoms with van der Waals surface area (Å²) in [5.41, 5.74) is 13.6. The van der Waals surface area contributed by atoms with Gasteiger partial charge in [0, 0.05) is 45.2 Å². The molecule has 4 bridgehead atoms. The number of allylic oxidation sites excluding steroid dienone is 3. The van der Waals surface area contributed by atoms with E-state index in [9.17, 15) is 0 Å². The summed E-state index contributed by atoms with van der Waals surface area (Å²) >= 11 is 0. The summed E-state index contributed by atoms with van der Waals surface area (Å²) < 4.78 is 0. The zero-order valence-corrected chi connectivity index (χ0v) is 34.3. The van der Waals surface area contributed by atoms with Crippen LogP contribution in [0.1, 0.15) is 81.4 Å². The van der Waals surface area contributed by atoms with E-state index in [1.165, 1.54) is 99.5 Å². The zero-order chi connectivity index (χ0) is 39.3. The van der Waals surface area contributed by atoms with Crippen molar-refractivity contribution in [2.75, 3.05) is 9.80 Å². The van der Waals surface area contributed by atoms with Gasteiger partial charge in [-0.1, -0.05) is 129 Å². The van der Waals surface area contributed by atoms with Gasteiger partial charge in [-0.25, -0.2) is 0 Å². The van der Waals surface area contributed by atoms with Crippen molar-refractivity contribution in [1.29, 1.82) is 0 Å². The Morgan fingerprint density at radius 1 is 0.508 bits per heavy atom. The fourth-order valence-corrected chi connectivity index (χ4v) is 13.1. The van der Waals surface area contributed by atoms with Gasteiger partial charge in [0.15, 0.2) is 0 Å². The number of rotatable bonds is 7. The maximum atomic E-state index is 2.57. The van der Waals surface area contributed by atoms with Crippen LogP contribution in [-0.4, -0.2) is 0 Å². The summed E-state index contributed by atoms with van der Waals surface area (Å²) in [5.74, 6) is 3.22. The normalized spacial score (nSPS) is 24.7.